The molecule has 1 saturated heterocycles. The van der Waals surface area contributed by atoms with Gasteiger partial charge in [0.15, 0.2) is 5.69 Å². The summed E-state index contributed by atoms with van der Waals surface area (Å²) in [7, 11) is 6.33. The quantitative estimate of drug-likeness (QED) is 0.762. The zero-order valence-electron chi connectivity index (χ0n) is 15.8. The molecule has 0 saturated carbocycles. The van der Waals surface area contributed by atoms with E-state index in [2.05, 4.69) is 49.9 Å². The predicted octanol–water partition coefficient (Wildman–Crippen LogP) is 1.97. The number of likely N-dealkylation sites (tertiary alicyclic amines) is 1. The first kappa shape index (κ1) is 18.9. The van der Waals surface area contributed by atoms with E-state index >= 15 is 0 Å². The fourth-order valence-electron chi connectivity index (χ4n) is 3.11. The number of carbonyl (C=O) groups is 1. The molecule has 0 radical (unpaired) electrons. The van der Waals surface area contributed by atoms with E-state index in [1.807, 2.05) is 11.0 Å². The molecule has 0 aromatic carbocycles. The van der Waals surface area contributed by atoms with E-state index in [9.17, 15) is 4.79 Å². The van der Waals surface area contributed by atoms with Gasteiger partial charge < -0.3 is 19.2 Å². The minimum Gasteiger partial charge on any atom is -0.361 e. The van der Waals surface area contributed by atoms with Crippen molar-refractivity contribution in [3.05, 3.63) is 17.5 Å². The second-order valence-corrected chi connectivity index (χ2v) is 7.61. The zero-order chi connectivity index (χ0) is 17.7. The van der Waals surface area contributed by atoms with Crippen LogP contribution in [0.3, 0.4) is 0 Å². The van der Waals surface area contributed by atoms with Gasteiger partial charge in [-0.25, -0.2) is 0 Å². The van der Waals surface area contributed by atoms with Crippen molar-refractivity contribution in [2.45, 2.75) is 39.2 Å². The Morgan fingerprint density at radius 1 is 1.38 bits per heavy atom. The summed E-state index contributed by atoms with van der Waals surface area (Å²) in [4.78, 5) is 19.2. The highest BCUT2D eigenvalue weighted by Crippen LogP contribution is 2.18. The van der Waals surface area contributed by atoms with Crippen LogP contribution >= 0.6 is 0 Å². The molecular formula is C18H32N4O2. The molecule has 1 aliphatic rings. The van der Waals surface area contributed by atoms with Crippen molar-refractivity contribution in [3.8, 4) is 0 Å². The van der Waals surface area contributed by atoms with Gasteiger partial charge in [-0.05, 0) is 39.9 Å². The molecule has 2 rings (SSSR count). The average Bonchev–Trinajstić information content (AvgIpc) is 2.99. The number of rotatable bonds is 7. The molecule has 1 fully saturated rings. The monoisotopic (exact) mass is 336 g/mol. The van der Waals surface area contributed by atoms with Gasteiger partial charge in [-0.15, -0.1) is 0 Å². The molecule has 1 aromatic heterocycles. The molecule has 6 heteroatoms. The maximum atomic E-state index is 12.7. The summed E-state index contributed by atoms with van der Waals surface area (Å²) in [5.41, 5.74) is 0.447. The first-order valence-corrected chi connectivity index (χ1v) is 8.96. The van der Waals surface area contributed by atoms with E-state index in [1.54, 1.807) is 0 Å². The second kappa shape index (κ2) is 8.62. The van der Waals surface area contributed by atoms with Gasteiger partial charge in [-0.3, -0.25) is 4.79 Å². The Morgan fingerprint density at radius 3 is 2.79 bits per heavy atom. The number of aromatic nitrogens is 1. The van der Waals surface area contributed by atoms with Crippen LogP contribution in [0.25, 0.3) is 0 Å². The van der Waals surface area contributed by atoms with E-state index in [-0.39, 0.29) is 5.91 Å². The zero-order valence-corrected chi connectivity index (χ0v) is 15.8. The fraction of sp³-hybridized carbons (Fsp3) is 0.778. The van der Waals surface area contributed by atoms with Gasteiger partial charge in [0.1, 0.15) is 5.76 Å². The number of likely N-dealkylation sites (N-methyl/N-ethyl adjacent to an activating group) is 2. The Hall–Kier alpha value is -1.40. The normalized spacial score (nSPS) is 18.8. The first-order chi connectivity index (χ1) is 11.4. The summed E-state index contributed by atoms with van der Waals surface area (Å²) in [6, 6.07) is 2.23. The van der Waals surface area contributed by atoms with Crippen molar-refractivity contribution in [2.24, 2.45) is 5.92 Å². The third kappa shape index (κ3) is 5.31. The lowest BCUT2D eigenvalue weighted by Crippen LogP contribution is -2.49. The van der Waals surface area contributed by atoms with Crippen LogP contribution in [0.2, 0.25) is 0 Å². The summed E-state index contributed by atoms with van der Waals surface area (Å²) < 4.78 is 5.31. The summed E-state index contributed by atoms with van der Waals surface area (Å²) in [6.45, 7) is 7.88. The molecule has 0 spiro atoms. The molecule has 1 atom stereocenters. The van der Waals surface area contributed by atoms with Crippen LogP contribution in [0, 0.1) is 5.92 Å². The molecule has 0 bridgehead atoms. The lowest BCUT2D eigenvalue weighted by molar-refractivity contribution is 0.0594. The molecule has 24 heavy (non-hydrogen) atoms. The molecule has 136 valence electrons. The van der Waals surface area contributed by atoms with Gasteiger partial charge in [0.2, 0.25) is 0 Å². The van der Waals surface area contributed by atoms with Gasteiger partial charge in [-0.2, -0.15) is 0 Å². The SMILES string of the molecule is CC(C)Cc1cc(C(=O)N2CCCC(N(C)CCN(C)C)C2)no1. The highest BCUT2D eigenvalue weighted by atomic mass is 16.5. The molecule has 0 N–H and O–H groups in total. The van der Waals surface area contributed by atoms with Crippen LogP contribution in [0.5, 0.6) is 0 Å². The third-order valence-electron chi connectivity index (χ3n) is 4.59. The molecule has 1 amide bonds. The van der Waals surface area contributed by atoms with Crippen LogP contribution in [0.1, 0.15) is 42.9 Å². The van der Waals surface area contributed by atoms with Gasteiger partial charge in [-0.1, -0.05) is 19.0 Å². The maximum Gasteiger partial charge on any atom is 0.276 e. The van der Waals surface area contributed by atoms with Crippen molar-refractivity contribution in [3.63, 3.8) is 0 Å². The number of hydrogen-bond donors (Lipinski definition) is 0. The Balaban J connectivity index is 1.93. The number of nitrogens with zero attached hydrogens (tertiary/aromatic N) is 4. The standard InChI is InChI=1S/C18H32N4O2/c1-14(2)11-16-12-17(19-24-16)18(23)22-8-6-7-15(13-22)21(5)10-9-20(3)4/h12,14-15H,6-11,13H2,1-5H3. The van der Waals surface area contributed by atoms with Crippen LogP contribution in [-0.2, 0) is 6.42 Å². The fourth-order valence-corrected chi connectivity index (χ4v) is 3.11. The Kier molecular flexibility index (Phi) is 6.80. The maximum absolute atomic E-state index is 12.7. The topological polar surface area (TPSA) is 52.8 Å². The van der Waals surface area contributed by atoms with Crippen LogP contribution in [0.15, 0.2) is 10.6 Å². The minimum absolute atomic E-state index is 0.000495. The lowest BCUT2D eigenvalue weighted by Gasteiger charge is -2.37. The van der Waals surface area contributed by atoms with Crippen molar-refractivity contribution in [1.82, 2.24) is 19.9 Å². The summed E-state index contributed by atoms with van der Waals surface area (Å²) >= 11 is 0. The predicted molar refractivity (Wildman–Crippen MR) is 95.2 cm³/mol. The summed E-state index contributed by atoms with van der Waals surface area (Å²) in [5.74, 6) is 1.29. The van der Waals surface area contributed by atoms with Crippen LogP contribution in [-0.4, -0.2) is 79.1 Å². The number of carbonyl (C=O) groups excluding carboxylic acids is 1. The van der Waals surface area contributed by atoms with E-state index < -0.39 is 0 Å². The van der Waals surface area contributed by atoms with Crippen LogP contribution in [0.4, 0.5) is 0 Å². The van der Waals surface area contributed by atoms with Crippen molar-refractivity contribution >= 4 is 5.91 Å². The Labute approximate surface area is 145 Å². The molecule has 2 heterocycles. The van der Waals surface area contributed by atoms with E-state index in [0.29, 0.717) is 17.7 Å². The number of piperidine rings is 1. The van der Waals surface area contributed by atoms with Gasteiger partial charge in [0.05, 0.1) is 0 Å². The van der Waals surface area contributed by atoms with Crippen LogP contribution < -0.4 is 0 Å². The van der Waals surface area contributed by atoms with Gasteiger partial charge in [0, 0.05) is 44.7 Å². The number of hydrogen-bond acceptors (Lipinski definition) is 5. The second-order valence-electron chi connectivity index (χ2n) is 7.61. The molecule has 1 unspecified atom stereocenters. The van der Waals surface area contributed by atoms with Gasteiger partial charge >= 0.3 is 0 Å². The Morgan fingerprint density at radius 2 is 2.12 bits per heavy atom. The highest BCUT2D eigenvalue weighted by molar-refractivity contribution is 5.92. The van der Waals surface area contributed by atoms with Crippen molar-refractivity contribution < 1.29 is 9.32 Å². The summed E-state index contributed by atoms with van der Waals surface area (Å²) in [6.07, 6.45) is 3.00. The Bertz CT molecular complexity index is 527. The molecular weight excluding hydrogens is 304 g/mol. The average molecular weight is 336 g/mol. The first-order valence-electron chi connectivity index (χ1n) is 8.96. The highest BCUT2D eigenvalue weighted by Gasteiger charge is 2.28. The molecule has 0 aliphatic carbocycles. The van der Waals surface area contributed by atoms with E-state index in [0.717, 1.165) is 51.2 Å². The molecule has 6 nitrogen and oxygen atoms in total. The minimum atomic E-state index is -0.000495. The number of amides is 1. The molecule has 1 aliphatic heterocycles. The summed E-state index contributed by atoms with van der Waals surface area (Å²) in [5, 5.41) is 3.99. The third-order valence-corrected chi connectivity index (χ3v) is 4.59. The van der Waals surface area contributed by atoms with Crippen molar-refractivity contribution in [2.75, 3.05) is 47.3 Å². The smallest absolute Gasteiger partial charge is 0.276 e. The van der Waals surface area contributed by atoms with E-state index in [1.165, 1.54) is 0 Å². The molecule has 1 aromatic rings. The van der Waals surface area contributed by atoms with Gasteiger partial charge in [0.25, 0.3) is 5.91 Å². The lowest BCUT2D eigenvalue weighted by atomic mass is 10.0. The van der Waals surface area contributed by atoms with E-state index in [4.69, 9.17) is 4.52 Å². The largest absolute Gasteiger partial charge is 0.361 e. The van der Waals surface area contributed by atoms with Crippen molar-refractivity contribution in [1.29, 1.82) is 0 Å².